The highest BCUT2D eigenvalue weighted by Crippen LogP contribution is 2.15. The van der Waals surface area contributed by atoms with Gasteiger partial charge >= 0.3 is 0 Å². The van der Waals surface area contributed by atoms with Crippen LogP contribution in [-0.4, -0.2) is 55.1 Å². The maximum absolute atomic E-state index is 12.1. The zero-order valence-electron chi connectivity index (χ0n) is 11.2. The molecule has 0 saturated carbocycles. The van der Waals surface area contributed by atoms with E-state index in [-0.39, 0.29) is 18.0 Å². The summed E-state index contributed by atoms with van der Waals surface area (Å²) >= 11 is 0. The Hall–Kier alpha value is -0.610. The molecule has 0 aromatic rings. The number of rotatable bonds is 5. The van der Waals surface area contributed by atoms with Crippen LogP contribution >= 0.6 is 0 Å². The maximum Gasteiger partial charge on any atom is 0.241 e. The van der Waals surface area contributed by atoms with Crippen LogP contribution in [0.25, 0.3) is 0 Å². The van der Waals surface area contributed by atoms with E-state index in [0.29, 0.717) is 12.6 Å². The Morgan fingerprint density at radius 3 is 2.56 bits per heavy atom. The zero-order chi connectivity index (χ0) is 12.3. The molecule has 2 atom stereocenters. The third-order valence-electron chi connectivity index (χ3n) is 2.96. The van der Waals surface area contributed by atoms with E-state index in [4.69, 9.17) is 0 Å². The predicted octanol–water partition coefficient (Wildman–Crippen LogP) is 0.741. The van der Waals surface area contributed by atoms with Crippen LogP contribution in [0.5, 0.6) is 0 Å². The Labute approximate surface area is 99.0 Å². The molecule has 4 nitrogen and oxygen atoms in total. The lowest BCUT2D eigenvalue weighted by atomic mass is 10.0. The van der Waals surface area contributed by atoms with E-state index in [0.717, 1.165) is 13.0 Å². The van der Waals surface area contributed by atoms with Crippen LogP contribution in [0.1, 0.15) is 27.2 Å². The number of hydrogen-bond acceptors (Lipinski definition) is 3. The molecule has 1 rings (SSSR count). The summed E-state index contributed by atoms with van der Waals surface area (Å²) in [6.07, 6.45) is 0.935. The van der Waals surface area contributed by atoms with Gasteiger partial charge in [-0.05, 0) is 33.4 Å². The van der Waals surface area contributed by atoms with Crippen molar-refractivity contribution in [2.75, 3.05) is 27.3 Å². The van der Waals surface area contributed by atoms with Crippen molar-refractivity contribution in [1.82, 2.24) is 15.1 Å². The van der Waals surface area contributed by atoms with Gasteiger partial charge in [-0.25, -0.2) is 0 Å². The quantitative estimate of drug-likeness (QED) is 0.752. The molecule has 0 bridgehead atoms. The van der Waals surface area contributed by atoms with Crippen LogP contribution < -0.4 is 5.32 Å². The number of carbonyl (C=O) groups excluding carboxylic acids is 1. The first kappa shape index (κ1) is 13.5. The number of carbonyl (C=O) groups is 1. The van der Waals surface area contributed by atoms with E-state index in [9.17, 15) is 4.79 Å². The van der Waals surface area contributed by atoms with Gasteiger partial charge in [-0.1, -0.05) is 13.8 Å². The molecule has 16 heavy (non-hydrogen) atoms. The van der Waals surface area contributed by atoms with Gasteiger partial charge in [0.25, 0.3) is 0 Å². The molecule has 0 spiro atoms. The molecule has 1 fully saturated rings. The Morgan fingerprint density at radius 2 is 2.06 bits per heavy atom. The predicted molar refractivity (Wildman–Crippen MR) is 66.1 cm³/mol. The van der Waals surface area contributed by atoms with Gasteiger partial charge in [-0.3, -0.25) is 10.1 Å². The summed E-state index contributed by atoms with van der Waals surface area (Å²) in [5, 5.41) is 3.30. The molecular weight excluding hydrogens is 202 g/mol. The van der Waals surface area contributed by atoms with Crippen molar-refractivity contribution in [2.24, 2.45) is 5.92 Å². The highest BCUT2D eigenvalue weighted by molar-refractivity contribution is 5.84. The maximum atomic E-state index is 12.1. The smallest absolute Gasteiger partial charge is 0.241 e. The minimum absolute atomic E-state index is 0.0320. The van der Waals surface area contributed by atoms with E-state index in [2.05, 4.69) is 31.0 Å². The lowest BCUT2D eigenvalue weighted by Gasteiger charge is -2.26. The fourth-order valence-electron chi connectivity index (χ4n) is 2.23. The highest BCUT2D eigenvalue weighted by Gasteiger charge is 2.33. The van der Waals surface area contributed by atoms with Crippen LogP contribution in [0.15, 0.2) is 0 Å². The third-order valence-corrected chi connectivity index (χ3v) is 2.96. The topological polar surface area (TPSA) is 35.6 Å². The monoisotopic (exact) mass is 227 g/mol. The number of likely N-dealkylation sites (N-methyl/N-ethyl adjacent to an activating group) is 1. The van der Waals surface area contributed by atoms with Crippen LogP contribution in [0, 0.1) is 5.92 Å². The molecule has 94 valence electrons. The third kappa shape index (κ3) is 3.46. The molecular formula is C12H25N3O. The standard InChI is InChI=1S/C12H25N3O/c1-9(2)6-11-12(16)15(8-13-11)10(3)7-14(4)5/h9-11,13H,6-8H2,1-5H3. The van der Waals surface area contributed by atoms with Crippen molar-refractivity contribution in [3.05, 3.63) is 0 Å². The summed E-state index contributed by atoms with van der Waals surface area (Å²) in [6, 6.07) is 0.316. The van der Waals surface area contributed by atoms with Gasteiger partial charge in [0.15, 0.2) is 0 Å². The fraction of sp³-hybridized carbons (Fsp3) is 0.917. The summed E-state index contributed by atoms with van der Waals surface area (Å²) < 4.78 is 0. The van der Waals surface area contributed by atoms with E-state index in [1.807, 2.05) is 19.0 Å². The van der Waals surface area contributed by atoms with Gasteiger partial charge in [-0.15, -0.1) is 0 Å². The summed E-state index contributed by atoms with van der Waals surface area (Å²) in [4.78, 5) is 16.2. The highest BCUT2D eigenvalue weighted by atomic mass is 16.2. The van der Waals surface area contributed by atoms with E-state index in [1.165, 1.54) is 0 Å². The van der Waals surface area contributed by atoms with Crippen molar-refractivity contribution in [1.29, 1.82) is 0 Å². The largest absolute Gasteiger partial charge is 0.325 e. The molecule has 1 saturated heterocycles. The molecule has 1 N–H and O–H groups in total. The van der Waals surface area contributed by atoms with Crippen molar-refractivity contribution >= 4 is 5.91 Å². The van der Waals surface area contributed by atoms with E-state index in [1.54, 1.807) is 0 Å². The van der Waals surface area contributed by atoms with Crippen LogP contribution in [0.3, 0.4) is 0 Å². The first-order valence-electron chi connectivity index (χ1n) is 6.10. The van der Waals surface area contributed by atoms with Gasteiger partial charge in [-0.2, -0.15) is 0 Å². The van der Waals surface area contributed by atoms with Crippen LogP contribution in [0.2, 0.25) is 0 Å². The molecule has 1 aliphatic heterocycles. The van der Waals surface area contributed by atoms with Gasteiger partial charge in [0.2, 0.25) is 5.91 Å². The van der Waals surface area contributed by atoms with Gasteiger partial charge in [0, 0.05) is 12.6 Å². The number of hydrogen-bond donors (Lipinski definition) is 1. The first-order valence-corrected chi connectivity index (χ1v) is 6.10. The number of nitrogens with one attached hydrogen (secondary N) is 1. The molecule has 0 aromatic heterocycles. The van der Waals surface area contributed by atoms with Crippen LogP contribution in [-0.2, 0) is 4.79 Å². The Bertz CT molecular complexity index is 240. The minimum atomic E-state index is 0.0320. The Balaban J connectivity index is 2.50. The van der Waals surface area contributed by atoms with Crippen molar-refractivity contribution in [2.45, 2.75) is 39.3 Å². The molecule has 1 heterocycles. The van der Waals surface area contributed by atoms with Crippen LogP contribution in [0.4, 0.5) is 0 Å². The lowest BCUT2D eigenvalue weighted by Crippen LogP contribution is -2.42. The lowest BCUT2D eigenvalue weighted by molar-refractivity contribution is -0.131. The zero-order valence-corrected chi connectivity index (χ0v) is 11.2. The second-order valence-electron chi connectivity index (χ2n) is 5.46. The second-order valence-corrected chi connectivity index (χ2v) is 5.46. The first-order chi connectivity index (χ1) is 7.41. The van der Waals surface area contributed by atoms with Gasteiger partial charge in [0.05, 0.1) is 12.7 Å². The average Bonchev–Trinajstić information content (AvgIpc) is 2.46. The molecule has 4 heteroatoms. The van der Waals surface area contributed by atoms with Crippen molar-refractivity contribution < 1.29 is 4.79 Å². The van der Waals surface area contributed by atoms with Crippen molar-refractivity contribution in [3.63, 3.8) is 0 Å². The molecule has 2 unspecified atom stereocenters. The fourth-order valence-corrected chi connectivity index (χ4v) is 2.23. The molecule has 0 aromatic carbocycles. The Kier molecular flexibility index (Phi) is 4.74. The van der Waals surface area contributed by atoms with Gasteiger partial charge < -0.3 is 9.80 Å². The van der Waals surface area contributed by atoms with E-state index >= 15 is 0 Å². The number of nitrogens with zero attached hydrogens (tertiary/aromatic N) is 2. The summed E-state index contributed by atoms with van der Waals surface area (Å²) in [5.74, 6) is 0.827. The van der Waals surface area contributed by atoms with Gasteiger partial charge in [0.1, 0.15) is 0 Å². The Morgan fingerprint density at radius 1 is 1.44 bits per heavy atom. The van der Waals surface area contributed by atoms with E-state index < -0.39 is 0 Å². The van der Waals surface area contributed by atoms with Crippen molar-refractivity contribution in [3.8, 4) is 0 Å². The SMILES string of the molecule is CC(C)CC1NCN(C(C)CN(C)C)C1=O. The normalized spacial score (nSPS) is 23.6. The number of amides is 1. The summed E-state index contributed by atoms with van der Waals surface area (Å²) in [7, 11) is 4.08. The summed E-state index contributed by atoms with van der Waals surface area (Å²) in [6.45, 7) is 8.03. The molecule has 0 aliphatic carbocycles. The molecule has 1 aliphatic rings. The molecule has 1 amide bonds. The summed E-state index contributed by atoms with van der Waals surface area (Å²) in [5.41, 5.74) is 0. The molecule has 0 radical (unpaired) electrons. The second kappa shape index (κ2) is 5.64. The minimum Gasteiger partial charge on any atom is -0.325 e. The average molecular weight is 227 g/mol.